The van der Waals surface area contributed by atoms with Crippen LogP contribution in [0.15, 0.2) is 25.5 Å². The summed E-state index contributed by atoms with van der Waals surface area (Å²) in [5.74, 6) is -1.14. The van der Waals surface area contributed by atoms with Gasteiger partial charge in [-0.15, -0.1) is 22.7 Å². The Balaban J connectivity index is 2.20. The molecule has 0 saturated heterocycles. The van der Waals surface area contributed by atoms with Crippen molar-refractivity contribution in [3.8, 4) is 0 Å². The lowest BCUT2D eigenvalue weighted by Gasteiger charge is -2.10. The Hall–Kier alpha value is -0.810. The summed E-state index contributed by atoms with van der Waals surface area (Å²) in [6.07, 6.45) is 0. The maximum absolute atomic E-state index is 12.2. The van der Waals surface area contributed by atoms with E-state index in [9.17, 15) is 13.2 Å². The van der Waals surface area contributed by atoms with E-state index in [1.165, 1.54) is 5.38 Å². The number of sulfonamides is 1. The second-order valence-corrected chi connectivity index (χ2v) is 8.34. The van der Waals surface area contributed by atoms with Crippen molar-refractivity contribution in [1.29, 1.82) is 0 Å². The molecule has 108 valence electrons. The summed E-state index contributed by atoms with van der Waals surface area (Å²) in [4.78, 5) is 14.6. The third-order valence-corrected chi connectivity index (χ3v) is 7.51. The van der Waals surface area contributed by atoms with Gasteiger partial charge in [0.05, 0.1) is 6.04 Å². The molecule has 0 radical (unpaired) electrons. The van der Waals surface area contributed by atoms with E-state index in [0.29, 0.717) is 9.48 Å². The minimum Gasteiger partial charge on any atom is -0.476 e. The Kier molecular flexibility index (Phi) is 4.59. The van der Waals surface area contributed by atoms with E-state index in [-0.39, 0.29) is 9.90 Å². The summed E-state index contributed by atoms with van der Waals surface area (Å²) in [6, 6.07) is 1.04. The van der Waals surface area contributed by atoms with Crippen molar-refractivity contribution in [2.24, 2.45) is 0 Å². The number of hydrogen-bond acceptors (Lipinski definition) is 6. The van der Waals surface area contributed by atoms with E-state index in [2.05, 4.69) is 25.6 Å². The van der Waals surface area contributed by atoms with Crippen LogP contribution >= 0.6 is 38.6 Å². The van der Waals surface area contributed by atoms with Crippen LogP contribution in [0.25, 0.3) is 0 Å². The van der Waals surface area contributed by atoms with Gasteiger partial charge in [0.25, 0.3) is 10.0 Å². The zero-order valence-corrected chi connectivity index (χ0v) is 14.1. The van der Waals surface area contributed by atoms with Gasteiger partial charge < -0.3 is 5.11 Å². The van der Waals surface area contributed by atoms with Gasteiger partial charge >= 0.3 is 5.97 Å². The van der Waals surface area contributed by atoms with Crippen molar-refractivity contribution in [2.75, 3.05) is 0 Å². The van der Waals surface area contributed by atoms with Gasteiger partial charge in [-0.25, -0.2) is 22.9 Å². The molecule has 0 aliphatic heterocycles. The quantitative estimate of drug-likeness (QED) is 0.809. The highest BCUT2D eigenvalue weighted by Crippen LogP contribution is 2.29. The first-order chi connectivity index (χ1) is 9.31. The van der Waals surface area contributed by atoms with Gasteiger partial charge in [0.1, 0.15) is 9.22 Å². The van der Waals surface area contributed by atoms with Gasteiger partial charge in [0.2, 0.25) is 0 Å². The van der Waals surface area contributed by atoms with Gasteiger partial charge in [-0.3, -0.25) is 0 Å². The molecule has 0 amide bonds. The molecule has 0 aliphatic rings. The minimum absolute atomic E-state index is 0.0895. The largest absolute Gasteiger partial charge is 0.476 e. The zero-order valence-electron chi connectivity index (χ0n) is 10.0. The highest BCUT2D eigenvalue weighted by molar-refractivity contribution is 9.10. The third-order valence-electron chi connectivity index (χ3n) is 2.27. The Labute approximate surface area is 131 Å². The molecule has 0 aliphatic carbocycles. The predicted molar refractivity (Wildman–Crippen MR) is 79.8 cm³/mol. The normalized spacial score (nSPS) is 13.3. The highest BCUT2D eigenvalue weighted by atomic mass is 79.9. The smallest absolute Gasteiger partial charge is 0.355 e. The second kappa shape index (κ2) is 5.90. The van der Waals surface area contributed by atoms with Gasteiger partial charge in [0.15, 0.2) is 5.69 Å². The van der Waals surface area contributed by atoms with E-state index in [4.69, 9.17) is 5.11 Å². The van der Waals surface area contributed by atoms with Gasteiger partial charge in [-0.2, -0.15) is 0 Å². The number of thiazole rings is 1. The van der Waals surface area contributed by atoms with Crippen molar-refractivity contribution in [3.05, 3.63) is 32.0 Å². The van der Waals surface area contributed by atoms with E-state index < -0.39 is 22.0 Å². The van der Waals surface area contributed by atoms with E-state index in [1.54, 1.807) is 18.4 Å². The molecular weight excluding hydrogens is 388 g/mol. The number of halogens is 1. The SMILES string of the molecule is CC(NS(=O)(=O)c1sccc1Br)c1nc(C(=O)O)cs1. The molecule has 6 nitrogen and oxygen atoms in total. The molecular formula is C10H9BrN2O4S3. The first-order valence-corrected chi connectivity index (χ1v) is 9.29. The average Bonchev–Trinajstić information content (AvgIpc) is 2.96. The number of carboxylic acid groups (broad SMARTS) is 1. The van der Waals surface area contributed by atoms with Crippen molar-refractivity contribution >= 4 is 54.6 Å². The maximum atomic E-state index is 12.2. The summed E-state index contributed by atoms with van der Waals surface area (Å²) in [7, 11) is -3.67. The molecule has 0 bridgehead atoms. The van der Waals surface area contributed by atoms with Crippen molar-refractivity contribution < 1.29 is 18.3 Å². The van der Waals surface area contributed by atoms with Crippen LogP contribution in [0.1, 0.15) is 28.5 Å². The van der Waals surface area contributed by atoms with Crippen LogP contribution in [0.2, 0.25) is 0 Å². The standard InChI is InChI=1S/C10H9BrN2O4S3/c1-5(8-12-7(4-19-8)9(14)15)13-20(16,17)10-6(11)2-3-18-10/h2-5,13H,1H3,(H,14,15). The fraction of sp³-hybridized carbons (Fsp3) is 0.200. The van der Waals surface area contributed by atoms with Gasteiger partial charge in [0, 0.05) is 9.85 Å². The maximum Gasteiger partial charge on any atom is 0.355 e. The molecule has 20 heavy (non-hydrogen) atoms. The number of nitrogens with zero attached hydrogens (tertiary/aromatic N) is 1. The molecule has 2 aromatic rings. The number of nitrogens with one attached hydrogen (secondary N) is 1. The number of hydrogen-bond donors (Lipinski definition) is 2. The average molecular weight is 397 g/mol. The molecule has 0 spiro atoms. The number of carboxylic acids is 1. The Morgan fingerprint density at radius 1 is 1.50 bits per heavy atom. The predicted octanol–water partition coefficient (Wildman–Crippen LogP) is 2.70. The number of carbonyl (C=O) groups is 1. The third kappa shape index (κ3) is 3.26. The first-order valence-electron chi connectivity index (χ1n) is 5.25. The monoisotopic (exact) mass is 396 g/mol. The minimum atomic E-state index is -3.67. The fourth-order valence-corrected chi connectivity index (χ4v) is 5.83. The summed E-state index contributed by atoms with van der Waals surface area (Å²) in [6.45, 7) is 1.61. The van der Waals surface area contributed by atoms with Crippen LogP contribution in [-0.2, 0) is 10.0 Å². The Bertz CT molecular complexity index is 737. The molecule has 0 fully saturated rings. The Morgan fingerprint density at radius 2 is 2.20 bits per heavy atom. The lowest BCUT2D eigenvalue weighted by Crippen LogP contribution is -2.26. The molecule has 2 aromatic heterocycles. The van der Waals surface area contributed by atoms with Crippen LogP contribution in [0.3, 0.4) is 0 Å². The van der Waals surface area contributed by atoms with Gasteiger partial charge in [-0.1, -0.05) is 0 Å². The molecule has 0 saturated carbocycles. The fourth-order valence-electron chi connectivity index (χ4n) is 1.39. The molecule has 1 atom stereocenters. The number of thiophene rings is 1. The summed E-state index contributed by atoms with van der Waals surface area (Å²) < 4.78 is 27.5. The molecule has 0 aromatic carbocycles. The zero-order chi connectivity index (χ0) is 14.9. The highest BCUT2D eigenvalue weighted by Gasteiger charge is 2.24. The van der Waals surface area contributed by atoms with Gasteiger partial charge in [-0.05, 0) is 34.3 Å². The number of rotatable bonds is 5. The topological polar surface area (TPSA) is 96.4 Å². The summed E-state index contributed by atoms with van der Waals surface area (Å²) in [5, 5.41) is 12.2. The number of aromatic nitrogens is 1. The van der Waals surface area contributed by atoms with Crippen molar-refractivity contribution in [1.82, 2.24) is 9.71 Å². The van der Waals surface area contributed by atoms with Crippen molar-refractivity contribution in [2.45, 2.75) is 17.2 Å². The molecule has 2 heterocycles. The van der Waals surface area contributed by atoms with E-state index in [1.807, 2.05) is 0 Å². The van der Waals surface area contributed by atoms with Crippen LogP contribution in [0.5, 0.6) is 0 Å². The molecule has 2 N–H and O–H groups in total. The molecule has 10 heteroatoms. The second-order valence-electron chi connectivity index (χ2n) is 3.78. The lowest BCUT2D eigenvalue weighted by molar-refractivity contribution is 0.0691. The molecule has 2 rings (SSSR count). The lowest BCUT2D eigenvalue weighted by atomic mass is 10.4. The van der Waals surface area contributed by atoms with Crippen molar-refractivity contribution in [3.63, 3.8) is 0 Å². The van der Waals surface area contributed by atoms with E-state index in [0.717, 1.165) is 22.7 Å². The summed E-state index contributed by atoms with van der Waals surface area (Å²) >= 11 is 5.37. The van der Waals surface area contributed by atoms with Crippen LogP contribution in [-0.4, -0.2) is 24.5 Å². The van der Waals surface area contributed by atoms with Crippen LogP contribution < -0.4 is 4.72 Å². The van der Waals surface area contributed by atoms with Crippen LogP contribution in [0.4, 0.5) is 0 Å². The summed E-state index contributed by atoms with van der Waals surface area (Å²) in [5.41, 5.74) is -0.0895. The molecule has 1 unspecified atom stereocenters. The first kappa shape index (κ1) is 15.6. The Morgan fingerprint density at radius 3 is 2.70 bits per heavy atom. The van der Waals surface area contributed by atoms with Crippen LogP contribution in [0, 0.1) is 0 Å². The van der Waals surface area contributed by atoms with E-state index >= 15 is 0 Å². The number of aromatic carboxylic acids is 1.